The van der Waals surface area contributed by atoms with Gasteiger partial charge in [-0.05, 0) is 29.7 Å². The number of fused-ring (bicyclic) bond motifs is 1. The lowest BCUT2D eigenvalue weighted by Crippen LogP contribution is -2.16. The molecule has 0 saturated heterocycles. The number of H-pyrrole nitrogens is 1. The quantitative estimate of drug-likeness (QED) is 0.737. The SMILES string of the molecule is O=C(O)Cc1ccnc2nc(CCc3cccc(F)c3F)[nH]c(=O)c12. The number of hydrogen-bond acceptors (Lipinski definition) is 4. The van der Waals surface area contributed by atoms with E-state index in [0.717, 1.165) is 6.07 Å². The van der Waals surface area contributed by atoms with Gasteiger partial charge in [0.25, 0.3) is 5.56 Å². The highest BCUT2D eigenvalue weighted by Gasteiger charge is 2.13. The van der Waals surface area contributed by atoms with E-state index in [-0.39, 0.29) is 41.7 Å². The maximum Gasteiger partial charge on any atom is 0.307 e. The first-order valence-corrected chi connectivity index (χ1v) is 7.47. The molecule has 0 aliphatic carbocycles. The first-order valence-electron chi connectivity index (χ1n) is 7.47. The van der Waals surface area contributed by atoms with E-state index in [1.807, 2.05) is 0 Å². The highest BCUT2D eigenvalue weighted by molar-refractivity contribution is 5.82. The van der Waals surface area contributed by atoms with Crippen LogP contribution in [0.25, 0.3) is 11.0 Å². The molecule has 2 heterocycles. The van der Waals surface area contributed by atoms with Gasteiger partial charge in [0.15, 0.2) is 17.3 Å². The van der Waals surface area contributed by atoms with Crippen molar-refractivity contribution in [1.82, 2.24) is 15.0 Å². The second-order valence-electron chi connectivity index (χ2n) is 5.46. The molecule has 1 aromatic carbocycles. The molecule has 0 aliphatic rings. The van der Waals surface area contributed by atoms with Gasteiger partial charge in [-0.15, -0.1) is 0 Å². The molecule has 0 saturated carbocycles. The van der Waals surface area contributed by atoms with E-state index in [4.69, 9.17) is 5.11 Å². The molecule has 0 amide bonds. The van der Waals surface area contributed by atoms with Crippen molar-refractivity contribution in [1.29, 1.82) is 0 Å². The molecule has 0 radical (unpaired) electrons. The molecular formula is C17H13F2N3O3. The number of halogens is 2. The standard InChI is InChI=1S/C17H13F2N3O3/c18-11-3-1-2-9(15(11)19)4-5-12-21-16-14(17(25)22-12)10(6-7-20-16)8-13(23)24/h1-3,6-7H,4-5,8H2,(H,23,24)(H,20,21,22,25). The van der Waals surface area contributed by atoms with E-state index in [1.165, 1.54) is 24.4 Å². The Labute approximate surface area is 140 Å². The summed E-state index contributed by atoms with van der Waals surface area (Å²) < 4.78 is 26.9. The molecule has 0 spiro atoms. The van der Waals surface area contributed by atoms with Gasteiger partial charge in [-0.25, -0.2) is 18.7 Å². The first-order chi connectivity index (χ1) is 12.0. The molecule has 2 N–H and O–H groups in total. The molecule has 25 heavy (non-hydrogen) atoms. The minimum absolute atomic E-state index is 0.116. The summed E-state index contributed by atoms with van der Waals surface area (Å²) >= 11 is 0. The monoisotopic (exact) mass is 345 g/mol. The summed E-state index contributed by atoms with van der Waals surface area (Å²) in [5, 5.41) is 9.03. The highest BCUT2D eigenvalue weighted by atomic mass is 19.2. The topological polar surface area (TPSA) is 95.9 Å². The lowest BCUT2D eigenvalue weighted by Gasteiger charge is -2.06. The summed E-state index contributed by atoms with van der Waals surface area (Å²) in [4.78, 5) is 33.9. The molecule has 2 aromatic heterocycles. The number of pyridine rings is 1. The minimum atomic E-state index is -1.07. The van der Waals surface area contributed by atoms with Gasteiger partial charge in [0.05, 0.1) is 11.8 Å². The maximum absolute atomic E-state index is 13.7. The summed E-state index contributed by atoms with van der Waals surface area (Å²) in [7, 11) is 0. The zero-order chi connectivity index (χ0) is 18.0. The zero-order valence-electron chi connectivity index (χ0n) is 12.9. The largest absolute Gasteiger partial charge is 0.481 e. The van der Waals surface area contributed by atoms with Crippen LogP contribution in [0, 0.1) is 11.6 Å². The number of carbonyl (C=O) groups is 1. The van der Waals surface area contributed by atoms with Crippen LogP contribution in [0.5, 0.6) is 0 Å². The summed E-state index contributed by atoms with van der Waals surface area (Å²) in [6, 6.07) is 5.35. The normalized spacial score (nSPS) is 11.0. The number of nitrogens with zero attached hydrogens (tertiary/aromatic N) is 2. The maximum atomic E-state index is 13.7. The third kappa shape index (κ3) is 3.52. The molecule has 0 fully saturated rings. The van der Waals surface area contributed by atoms with Crippen LogP contribution >= 0.6 is 0 Å². The highest BCUT2D eigenvalue weighted by Crippen LogP contribution is 2.15. The fourth-order valence-corrected chi connectivity index (χ4v) is 2.59. The van der Waals surface area contributed by atoms with Crippen molar-refractivity contribution in [3.63, 3.8) is 0 Å². The van der Waals surface area contributed by atoms with Crippen molar-refractivity contribution in [2.24, 2.45) is 0 Å². The van der Waals surface area contributed by atoms with Crippen molar-refractivity contribution < 1.29 is 18.7 Å². The van der Waals surface area contributed by atoms with Crippen LogP contribution in [-0.2, 0) is 24.1 Å². The molecule has 128 valence electrons. The van der Waals surface area contributed by atoms with E-state index < -0.39 is 23.2 Å². The average molecular weight is 345 g/mol. The Hall–Kier alpha value is -3.16. The van der Waals surface area contributed by atoms with E-state index >= 15 is 0 Å². The fraction of sp³-hybridized carbons (Fsp3) is 0.176. The Balaban J connectivity index is 1.92. The van der Waals surface area contributed by atoms with Crippen LogP contribution in [-0.4, -0.2) is 26.0 Å². The molecule has 8 heteroatoms. The van der Waals surface area contributed by atoms with Gasteiger partial charge in [0.2, 0.25) is 0 Å². The molecule has 6 nitrogen and oxygen atoms in total. The smallest absolute Gasteiger partial charge is 0.307 e. The Morgan fingerprint density at radius 2 is 1.96 bits per heavy atom. The number of carboxylic acid groups (broad SMARTS) is 1. The summed E-state index contributed by atoms with van der Waals surface area (Å²) in [5.74, 6) is -2.66. The third-order valence-corrected chi connectivity index (χ3v) is 3.75. The van der Waals surface area contributed by atoms with Gasteiger partial charge in [0, 0.05) is 12.6 Å². The molecule has 0 aliphatic heterocycles. The number of aliphatic carboxylic acids is 1. The van der Waals surface area contributed by atoms with Gasteiger partial charge in [0.1, 0.15) is 5.82 Å². The lowest BCUT2D eigenvalue weighted by atomic mass is 10.1. The van der Waals surface area contributed by atoms with E-state index in [0.29, 0.717) is 5.56 Å². The van der Waals surface area contributed by atoms with Crippen LogP contribution in [0.3, 0.4) is 0 Å². The van der Waals surface area contributed by atoms with Crippen molar-refractivity contribution in [2.75, 3.05) is 0 Å². The summed E-state index contributed by atoms with van der Waals surface area (Å²) in [6.07, 6.45) is 1.38. The van der Waals surface area contributed by atoms with Crippen molar-refractivity contribution in [2.45, 2.75) is 19.3 Å². The predicted molar refractivity (Wildman–Crippen MR) is 85.3 cm³/mol. The summed E-state index contributed by atoms with van der Waals surface area (Å²) in [5.41, 5.74) is 0.102. The number of rotatable bonds is 5. The van der Waals surface area contributed by atoms with Gasteiger partial charge in [-0.2, -0.15) is 0 Å². The van der Waals surface area contributed by atoms with E-state index in [9.17, 15) is 18.4 Å². The second-order valence-corrected chi connectivity index (χ2v) is 5.46. The van der Waals surface area contributed by atoms with Crippen LogP contribution in [0.1, 0.15) is 17.0 Å². The second kappa shape index (κ2) is 6.76. The van der Waals surface area contributed by atoms with Gasteiger partial charge in [-0.1, -0.05) is 12.1 Å². The zero-order valence-corrected chi connectivity index (χ0v) is 12.9. The molecule has 0 unspecified atom stereocenters. The number of carboxylic acids is 1. The fourth-order valence-electron chi connectivity index (χ4n) is 2.59. The molecule has 3 aromatic rings. The van der Waals surface area contributed by atoms with E-state index in [1.54, 1.807) is 0 Å². The Bertz CT molecular complexity index is 1020. The molecule has 0 atom stereocenters. The van der Waals surface area contributed by atoms with Crippen LogP contribution in [0.2, 0.25) is 0 Å². The minimum Gasteiger partial charge on any atom is -0.481 e. The van der Waals surface area contributed by atoms with E-state index in [2.05, 4.69) is 15.0 Å². The number of hydrogen-bond donors (Lipinski definition) is 2. The van der Waals surface area contributed by atoms with Crippen molar-refractivity contribution >= 4 is 17.0 Å². The third-order valence-electron chi connectivity index (χ3n) is 3.75. The van der Waals surface area contributed by atoms with Crippen LogP contribution in [0.4, 0.5) is 8.78 Å². The number of aryl methyl sites for hydroxylation is 2. The Morgan fingerprint density at radius 1 is 1.16 bits per heavy atom. The Kier molecular flexibility index (Phi) is 4.51. The van der Waals surface area contributed by atoms with Gasteiger partial charge in [-0.3, -0.25) is 9.59 Å². The lowest BCUT2D eigenvalue weighted by molar-refractivity contribution is -0.136. The van der Waals surface area contributed by atoms with Crippen molar-refractivity contribution in [3.8, 4) is 0 Å². The first kappa shape index (κ1) is 16.7. The number of aromatic nitrogens is 3. The number of nitrogens with one attached hydrogen (secondary N) is 1. The van der Waals surface area contributed by atoms with Gasteiger partial charge < -0.3 is 10.1 Å². The Morgan fingerprint density at radius 3 is 2.72 bits per heavy atom. The number of benzene rings is 1. The van der Waals surface area contributed by atoms with Crippen LogP contribution in [0.15, 0.2) is 35.3 Å². The average Bonchev–Trinajstić information content (AvgIpc) is 2.55. The van der Waals surface area contributed by atoms with Crippen LogP contribution < -0.4 is 5.56 Å². The van der Waals surface area contributed by atoms with Gasteiger partial charge >= 0.3 is 5.97 Å². The number of aromatic amines is 1. The molecular weight excluding hydrogens is 332 g/mol. The predicted octanol–water partition coefficient (Wildman–Crippen LogP) is 2.01. The molecule has 0 bridgehead atoms. The summed E-state index contributed by atoms with van der Waals surface area (Å²) in [6.45, 7) is 0. The molecule has 3 rings (SSSR count). The van der Waals surface area contributed by atoms with Crippen molar-refractivity contribution in [3.05, 3.63) is 69.4 Å².